The fourth-order valence-corrected chi connectivity index (χ4v) is 5.70. The molecule has 0 saturated carbocycles. The summed E-state index contributed by atoms with van der Waals surface area (Å²) in [5, 5.41) is 19.9. The molecular weight excluding hydrogens is 496 g/mol. The zero-order valence-corrected chi connectivity index (χ0v) is 20.7. The lowest BCUT2D eigenvalue weighted by Gasteiger charge is -2.22. The van der Waals surface area contributed by atoms with Gasteiger partial charge in [0.05, 0.1) is 18.7 Å². The summed E-state index contributed by atoms with van der Waals surface area (Å²) in [6, 6.07) is 19.2. The Morgan fingerprint density at radius 3 is 2.44 bits per heavy atom. The van der Waals surface area contributed by atoms with Crippen LogP contribution in [0.25, 0.3) is 5.76 Å². The van der Waals surface area contributed by atoms with Crippen LogP contribution in [0.1, 0.15) is 22.7 Å². The predicted octanol–water partition coefficient (Wildman–Crippen LogP) is 4.86. The Bertz CT molecular complexity index is 1420. The van der Waals surface area contributed by atoms with E-state index in [1.54, 1.807) is 43.5 Å². The minimum atomic E-state index is -0.885. The molecule has 1 aliphatic heterocycles. The van der Waals surface area contributed by atoms with Crippen molar-refractivity contribution in [2.24, 2.45) is 0 Å². The summed E-state index contributed by atoms with van der Waals surface area (Å²) in [6.45, 7) is 0. The van der Waals surface area contributed by atoms with Crippen LogP contribution in [0.15, 0.2) is 89.0 Å². The number of aliphatic hydroxyl groups excluding tert-OH is 1. The first-order valence-corrected chi connectivity index (χ1v) is 12.7. The van der Waals surface area contributed by atoms with E-state index in [0.717, 1.165) is 5.56 Å². The minimum Gasteiger partial charge on any atom is -0.507 e. The highest BCUT2D eigenvalue weighted by Gasteiger charge is 2.48. The van der Waals surface area contributed by atoms with Crippen molar-refractivity contribution in [1.82, 2.24) is 15.2 Å². The molecule has 8 nitrogen and oxygen atoms in total. The second-order valence-corrected chi connectivity index (χ2v) is 9.98. The maximum Gasteiger partial charge on any atom is 0.301 e. The number of rotatable bonds is 7. The number of methoxy groups -OCH3 is 1. The number of aromatic nitrogens is 3. The highest BCUT2D eigenvalue weighted by molar-refractivity contribution is 8.00. The maximum atomic E-state index is 13.3. The Morgan fingerprint density at radius 1 is 1.03 bits per heavy atom. The molecule has 1 atom stereocenters. The van der Waals surface area contributed by atoms with Gasteiger partial charge in [-0.2, -0.15) is 0 Å². The summed E-state index contributed by atoms with van der Waals surface area (Å²) in [6.07, 6.45) is 3.02. The topological polar surface area (TPSA) is 106 Å². The molecule has 1 fully saturated rings. The molecule has 2 aromatic heterocycles. The summed E-state index contributed by atoms with van der Waals surface area (Å²) in [4.78, 5) is 31.8. The highest BCUT2D eigenvalue weighted by Crippen LogP contribution is 2.44. The third kappa shape index (κ3) is 4.60. The molecule has 0 bridgehead atoms. The smallest absolute Gasteiger partial charge is 0.301 e. The van der Waals surface area contributed by atoms with Crippen molar-refractivity contribution >= 4 is 45.7 Å². The number of hydrogen-bond donors (Lipinski definition) is 1. The number of ketones is 1. The molecule has 3 heterocycles. The van der Waals surface area contributed by atoms with Gasteiger partial charge in [-0.3, -0.25) is 19.5 Å². The third-order valence-corrected chi connectivity index (χ3v) is 7.76. The SMILES string of the molecule is COc1ccc(C2/C(=C(\O)c3ccncc3)C(=O)C(=O)N2c2nnc(SCc3ccccc3)s2)cc1. The zero-order chi connectivity index (χ0) is 25.1. The van der Waals surface area contributed by atoms with Crippen LogP contribution in [-0.2, 0) is 15.3 Å². The first-order valence-electron chi connectivity index (χ1n) is 10.9. The Labute approximate surface area is 215 Å². The Hall–Kier alpha value is -4.02. The molecule has 10 heteroatoms. The summed E-state index contributed by atoms with van der Waals surface area (Å²) < 4.78 is 5.92. The number of anilines is 1. The molecule has 0 aliphatic carbocycles. The molecule has 180 valence electrons. The molecule has 0 radical (unpaired) electrons. The van der Waals surface area contributed by atoms with Crippen molar-refractivity contribution in [1.29, 1.82) is 0 Å². The molecule has 1 aliphatic rings. The van der Waals surface area contributed by atoms with Crippen LogP contribution in [0.2, 0.25) is 0 Å². The number of Topliss-reactive ketones (excluding diaryl/α,β-unsaturated/α-hetero) is 1. The first-order chi connectivity index (χ1) is 17.6. The zero-order valence-electron chi connectivity index (χ0n) is 19.1. The molecule has 1 amide bonds. The first kappa shape index (κ1) is 23.7. The molecule has 36 heavy (non-hydrogen) atoms. The number of amides is 1. The van der Waals surface area contributed by atoms with E-state index in [1.165, 1.54) is 40.4 Å². The lowest BCUT2D eigenvalue weighted by molar-refractivity contribution is -0.132. The van der Waals surface area contributed by atoms with Crippen LogP contribution < -0.4 is 9.64 Å². The Morgan fingerprint density at radius 2 is 1.75 bits per heavy atom. The van der Waals surface area contributed by atoms with E-state index in [0.29, 0.717) is 27.0 Å². The van der Waals surface area contributed by atoms with Gasteiger partial charge in [-0.15, -0.1) is 10.2 Å². The number of nitrogens with zero attached hydrogens (tertiary/aromatic N) is 4. The van der Waals surface area contributed by atoms with Gasteiger partial charge in [0.1, 0.15) is 11.5 Å². The fraction of sp³-hybridized carbons (Fsp3) is 0.115. The standard InChI is InChI=1S/C26H20N4O4S2/c1-34-19-9-7-17(8-10-19)21-20(22(31)18-11-13-27-14-12-18)23(32)24(33)30(21)25-28-29-26(36-25)35-15-16-5-3-2-4-6-16/h2-14,21,31H,15H2,1H3/b22-20+. The molecule has 1 N–H and O–H groups in total. The van der Waals surface area contributed by atoms with Crippen molar-refractivity contribution in [3.63, 3.8) is 0 Å². The van der Waals surface area contributed by atoms with E-state index in [2.05, 4.69) is 15.2 Å². The predicted molar refractivity (Wildman–Crippen MR) is 138 cm³/mol. The van der Waals surface area contributed by atoms with Crippen LogP contribution >= 0.6 is 23.1 Å². The maximum absolute atomic E-state index is 13.3. The van der Waals surface area contributed by atoms with Crippen molar-refractivity contribution in [2.45, 2.75) is 16.1 Å². The van der Waals surface area contributed by atoms with Crippen molar-refractivity contribution in [2.75, 3.05) is 12.0 Å². The molecule has 1 unspecified atom stereocenters. The lowest BCUT2D eigenvalue weighted by atomic mass is 9.95. The van der Waals surface area contributed by atoms with Gasteiger partial charge in [0.25, 0.3) is 5.78 Å². The van der Waals surface area contributed by atoms with Gasteiger partial charge in [-0.05, 0) is 35.4 Å². The van der Waals surface area contributed by atoms with Crippen molar-refractivity contribution < 1.29 is 19.4 Å². The van der Waals surface area contributed by atoms with Crippen LogP contribution in [-0.4, -0.2) is 39.1 Å². The number of thioether (sulfide) groups is 1. The van der Waals surface area contributed by atoms with Crippen LogP contribution in [0.4, 0.5) is 5.13 Å². The monoisotopic (exact) mass is 516 g/mol. The largest absolute Gasteiger partial charge is 0.507 e. The third-order valence-electron chi connectivity index (χ3n) is 5.64. The van der Waals surface area contributed by atoms with E-state index >= 15 is 0 Å². The van der Waals surface area contributed by atoms with Gasteiger partial charge in [-0.1, -0.05) is 65.6 Å². The number of benzene rings is 2. The fourth-order valence-electron chi connectivity index (χ4n) is 3.87. The van der Waals surface area contributed by atoms with Crippen molar-refractivity contribution in [3.05, 3.63) is 101 Å². The summed E-state index contributed by atoms with van der Waals surface area (Å²) in [5.74, 6) is -0.526. The number of carbonyl (C=O) groups is 2. The van der Waals surface area contributed by atoms with Crippen LogP contribution in [0.5, 0.6) is 5.75 Å². The molecule has 2 aromatic carbocycles. The van der Waals surface area contributed by atoms with Gasteiger partial charge in [0.2, 0.25) is 5.13 Å². The Kier molecular flexibility index (Phi) is 6.79. The quantitative estimate of drug-likeness (QED) is 0.122. The molecular formula is C26H20N4O4S2. The van der Waals surface area contributed by atoms with E-state index < -0.39 is 17.7 Å². The molecule has 4 aromatic rings. The van der Waals surface area contributed by atoms with E-state index in [9.17, 15) is 14.7 Å². The van der Waals surface area contributed by atoms with E-state index in [-0.39, 0.29) is 16.5 Å². The summed E-state index contributed by atoms with van der Waals surface area (Å²) in [5.41, 5.74) is 2.12. The van der Waals surface area contributed by atoms with Crippen LogP contribution in [0.3, 0.4) is 0 Å². The average Bonchev–Trinajstić information content (AvgIpc) is 3.50. The lowest BCUT2D eigenvalue weighted by Crippen LogP contribution is -2.29. The average molecular weight is 517 g/mol. The molecule has 5 rings (SSSR count). The minimum absolute atomic E-state index is 0.0231. The number of ether oxygens (including phenoxy) is 1. The normalized spacial score (nSPS) is 16.9. The highest BCUT2D eigenvalue weighted by atomic mass is 32.2. The van der Waals surface area contributed by atoms with E-state index in [1.807, 2.05) is 30.3 Å². The number of aliphatic hydroxyl groups is 1. The van der Waals surface area contributed by atoms with Gasteiger partial charge < -0.3 is 9.84 Å². The second kappa shape index (κ2) is 10.3. The van der Waals surface area contributed by atoms with Gasteiger partial charge in [-0.25, -0.2) is 0 Å². The summed E-state index contributed by atoms with van der Waals surface area (Å²) >= 11 is 2.72. The molecule has 1 saturated heterocycles. The summed E-state index contributed by atoms with van der Waals surface area (Å²) in [7, 11) is 1.56. The number of pyridine rings is 1. The Balaban J connectivity index is 1.54. The van der Waals surface area contributed by atoms with E-state index in [4.69, 9.17) is 4.74 Å². The van der Waals surface area contributed by atoms with Crippen LogP contribution in [0, 0.1) is 0 Å². The van der Waals surface area contributed by atoms with Gasteiger partial charge >= 0.3 is 5.91 Å². The van der Waals surface area contributed by atoms with Gasteiger partial charge in [0.15, 0.2) is 4.34 Å². The molecule has 0 spiro atoms. The number of carbonyl (C=O) groups excluding carboxylic acids is 2. The second-order valence-electron chi connectivity index (χ2n) is 7.80. The van der Waals surface area contributed by atoms with Crippen molar-refractivity contribution in [3.8, 4) is 5.75 Å². The van der Waals surface area contributed by atoms with Gasteiger partial charge in [0, 0.05) is 23.7 Å². The number of hydrogen-bond acceptors (Lipinski definition) is 9.